The van der Waals surface area contributed by atoms with Crippen molar-refractivity contribution in [1.82, 2.24) is 10.6 Å². The Hall–Kier alpha value is -0.220. The lowest BCUT2D eigenvalue weighted by Crippen LogP contribution is -2.31. The van der Waals surface area contributed by atoms with Gasteiger partial charge in [-0.25, -0.2) is 0 Å². The third-order valence-corrected chi connectivity index (χ3v) is 2.46. The average Bonchev–Trinajstić information content (AvgIpc) is 2.16. The first kappa shape index (κ1) is 12.8. The fourth-order valence-electron chi connectivity index (χ4n) is 0.963. The lowest BCUT2D eigenvalue weighted by molar-refractivity contribution is -0.119. The molecule has 0 rings (SSSR count). The molecule has 0 aromatic heterocycles. The smallest absolute Gasteiger partial charge is 0.233 e. The molecule has 78 valence electrons. The lowest BCUT2D eigenvalue weighted by atomic mass is 10.2. The van der Waals surface area contributed by atoms with Crippen LogP contribution in [0.5, 0.6) is 0 Å². The molecular weight excluding hydrogens is 184 g/mol. The van der Waals surface area contributed by atoms with E-state index in [0.717, 1.165) is 13.0 Å². The van der Waals surface area contributed by atoms with Gasteiger partial charge in [0.1, 0.15) is 0 Å². The van der Waals surface area contributed by atoms with Gasteiger partial charge in [-0.05, 0) is 31.4 Å². The summed E-state index contributed by atoms with van der Waals surface area (Å²) < 4.78 is 0. The van der Waals surface area contributed by atoms with Crippen molar-refractivity contribution in [3.05, 3.63) is 0 Å². The van der Waals surface area contributed by atoms with E-state index in [1.54, 1.807) is 7.05 Å². The summed E-state index contributed by atoms with van der Waals surface area (Å²) in [6.07, 6.45) is 5.83. The van der Waals surface area contributed by atoms with Crippen LogP contribution < -0.4 is 10.6 Å². The van der Waals surface area contributed by atoms with Gasteiger partial charge in [0.25, 0.3) is 0 Å². The molecule has 0 radical (unpaired) electrons. The monoisotopic (exact) mass is 204 g/mol. The number of rotatable bonds is 8. The van der Waals surface area contributed by atoms with E-state index in [1.807, 2.05) is 11.8 Å². The molecule has 3 nitrogen and oxygen atoms in total. The Balaban J connectivity index is 2.95. The molecule has 4 heteroatoms. The third-order valence-electron chi connectivity index (χ3n) is 1.77. The van der Waals surface area contributed by atoms with Crippen LogP contribution in [0.2, 0.25) is 0 Å². The van der Waals surface area contributed by atoms with E-state index in [4.69, 9.17) is 0 Å². The van der Waals surface area contributed by atoms with Crippen LogP contribution in [0, 0.1) is 0 Å². The molecule has 0 aliphatic carbocycles. The number of carbonyl (C=O) groups excluding carboxylic acids is 1. The van der Waals surface area contributed by atoms with E-state index in [9.17, 15) is 4.79 Å². The SMILES string of the molecule is CNC(=O)CNCCCCCSC. The van der Waals surface area contributed by atoms with Crippen LogP contribution in [-0.4, -0.2) is 38.1 Å². The van der Waals surface area contributed by atoms with Crippen LogP contribution in [0.4, 0.5) is 0 Å². The van der Waals surface area contributed by atoms with Crippen LogP contribution in [0.15, 0.2) is 0 Å². The Morgan fingerprint density at radius 2 is 2.08 bits per heavy atom. The fraction of sp³-hybridized carbons (Fsp3) is 0.889. The predicted molar refractivity (Wildman–Crippen MR) is 59.2 cm³/mol. The minimum absolute atomic E-state index is 0.0594. The van der Waals surface area contributed by atoms with Crippen molar-refractivity contribution in [1.29, 1.82) is 0 Å². The zero-order valence-electron chi connectivity index (χ0n) is 8.56. The topological polar surface area (TPSA) is 41.1 Å². The Kier molecular flexibility index (Phi) is 9.70. The van der Waals surface area contributed by atoms with Crippen molar-refractivity contribution in [2.24, 2.45) is 0 Å². The number of hydrogen-bond acceptors (Lipinski definition) is 3. The highest BCUT2D eigenvalue weighted by Gasteiger charge is 1.95. The maximum Gasteiger partial charge on any atom is 0.233 e. The summed E-state index contributed by atoms with van der Waals surface area (Å²) in [5.74, 6) is 1.30. The van der Waals surface area contributed by atoms with Gasteiger partial charge in [0.2, 0.25) is 5.91 Å². The quantitative estimate of drug-likeness (QED) is 0.576. The van der Waals surface area contributed by atoms with E-state index in [1.165, 1.54) is 18.6 Å². The summed E-state index contributed by atoms with van der Waals surface area (Å²) >= 11 is 1.89. The highest BCUT2D eigenvalue weighted by molar-refractivity contribution is 7.98. The largest absolute Gasteiger partial charge is 0.358 e. The molecule has 0 aliphatic rings. The van der Waals surface area contributed by atoms with Crippen LogP contribution in [0.3, 0.4) is 0 Å². The van der Waals surface area contributed by atoms with Crippen molar-refractivity contribution in [3.8, 4) is 0 Å². The van der Waals surface area contributed by atoms with E-state index >= 15 is 0 Å². The average molecular weight is 204 g/mol. The minimum atomic E-state index is 0.0594. The normalized spacial score (nSPS) is 10.0. The van der Waals surface area contributed by atoms with Gasteiger partial charge in [0, 0.05) is 7.05 Å². The Morgan fingerprint density at radius 1 is 1.31 bits per heavy atom. The molecule has 0 heterocycles. The molecule has 0 spiro atoms. The molecule has 13 heavy (non-hydrogen) atoms. The second-order valence-electron chi connectivity index (χ2n) is 2.90. The number of hydrogen-bond donors (Lipinski definition) is 2. The molecule has 0 saturated heterocycles. The van der Waals surface area contributed by atoms with Crippen molar-refractivity contribution in [2.75, 3.05) is 32.1 Å². The second kappa shape index (κ2) is 9.86. The Labute approximate surface area is 85.0 Å². The van der Waals surface area contributed by atoms with E-state index in [-0.39, 0.29) is 5.91 Å². The van der Waals surface area contributed by atoms with Gasteiger partial charge in [-0.15, -0.1) is 0 Å². The summed E-state index contributed by atoms with van der Waals surface area (Å²) in [7, 11) is 1.66. The predicted octanol–water partition coefficient (Wildman–Crippen LogP) is 0.855. The molecule has 0 bridgehead atoms. The van der Waals surface area contributed by atoms with Crippen LogP contribution >= 0.6 is 11.8 Å². The molecule has 0 saturated carbocycles. The molecule has 0 atom stereocenters. The van der Waals surface area contributed by atoms with Crippen LogP contribution in [-0.2, 0) is 4.79 Å². The molecule has 0 aromatic rings. The highest BCUT2D eigenvalue weighted by atomic mass is 32.2. The van der Waals surface area contributed by atoms with Gasteiger partial charge in [0.15, 0.2) is 0 Å². The zero-order chi connectivity index (χ0) is 9.94. The summed E-state index contributed by atoms with van der Waals surface area (Å²) in [5.41, 5.74) is 0. The van der Waals surface area contributed by atoms with E-state index in [0.29, 0.717) is 6.54 Å². The van der Waals surface area contributed by atoms with Crippen molar-refractivity contribution < 1.29 is 4.79 Å². The fourth-order valence-corrected chi connectivity index (χ4v) is 1.46. The molecular formula is C9H20N2OS. The van der Waals surface area contributed by atoms with E-state index < -0.39 is 0 Å². The second-order valence-corrected chi connectivity index (χ2v) is 3.89. The standard InChI is InChI=1S/C9H20N2OS/c1-10-9(12)8-11-6-4-3-5-7-13-2/h11H,3-8H2,1-2H3,(H,10,12). The molecule has 0 aromatic carbocycles. The maximum absolute atomic E-state index is 10.8. The summed E-state index contributed by atoms with van der Waals surface area (Å²) in [6.45, 7) is 1.39. The van der Waals surface area contributed by atoms with Gasteiger partial charge >= 0.3 is 0 Å². The number of thioether (sulfide) groups is 1. The first-order valence-electron chi connectivity index (χ1n) is 4.71. The van der Waals surface area contributed by atoms with Crippen molar-refractivity contribution >= 4 is 17.7 Å². The van der Waals surface area contributed by atoms with Gasteiger partial charge in [0.05, 0.1) is 6.54 Å². The molecule has 1 amide bonds. The molecule has 2 N–H and O–H groups in total. The highest BCUT2D eigenvalue weighted by Crippen LogP contribution is 2.00. The molecule has 0 unspecified atom stereocenters. The lowest BCUT2D eigenvalue weighted by Gasteiger charge is -2.02. The van der Waals surface area contributed by atoms with Gasteiger partial charge < -0.3 is 10.6 Å². The first-order valence-corrected chi connectivity index (χ1v) is 6.11. The number of likely N-dealkylation sites (N-methyl/N-ethyl adjacent to an activating group) is 1. The Bertz CT molecular complexity index is 131. The maximum atomic E-state index is 10.8. The summed E-state index contributed by atoms with van der Waals surface area (Å²) in [5, 5.41) is 5.67. The van der Waals surface area contributed by atoms with Gasteiger partial charge in [-0.3, -0.25) is 4.79 Å². The molecule has 0 aliphatic heterocycles. The van der Waals surface area contributed by atoms with E-state index in [2.05, 4.69) is 16.9 Å². The van der Waals surface area contributed by atoms with Crippen molar-refractivity contribution in [2.45, 2.75) is 19.3 Å². The first-order chi connectivity index (χ1) is 6.31. The Morgan fingerprint density at radius 3 is 2.69 bits per heavy atom. The number of carbonyl (C=O) groups is 1. The van der Waals surface area contributed by atoms with Gasteiger partial charge in [-0.2, -0.15) is 11.8 Å². The zero-order valence-corrected chi connectivity index (χ0v) is 9.38. The molecule has 0 fully saturated rings. The number of unbranched alkanes of at least 4 members (excludes halogenated alkanes) is 2. The number of amides is 1. The van der Waals surface area contributed by atoms with Crippen molar-refractivity contribution in [3.63, 3.8) is 0 Å². The van der Waals surface area contributed by atoms with Crippen LogP contribution in [0.1, 0.15) is 19.3 Å². The third kappa shape index (κ3) is 9.70. The summed E-state index contributed by atoms with van der Waals surface area (Å²) in [6, 6.07) is 0. The minimum Gasteiger partial charge on any atom is -0.358 e. The number of nitrogens with one attached hydrogen (secondary N) is 2. The van der Waals surface area contributed by atoms with Crippen LogP contribution in [0.25, 0.3) is 0 Å². The summed E-state index contributed by atoms with van der Waals surface area (Å²) in [4.78, 5) is 10.8. The van der Waals surface area contributed by atoms with Gasteiger partial charge in [-0.1, -0.05) is 6.42 Å².